The zero-order chi connectivity index (χ0) is 24.8. The van der Waals surface area contributed by atoms with Crippen LogP contribution in [0.3, 0.4) is 0 Å². The first-order valence-corrected chi connectivity index (χ1v) is 11.6. The van der Waals surface area contributed by atoms with Crippen molar-refractivity contribution in [2.24, 2.45) is 0 Å². The van der Waals surface area contributed by atoms with Crippen molar-refractivity contribution in [1.29, 1.82) is 0 Å². The van der Waals surface area contributed by atoms with Crippen molar-refractivity contribution in [3.8, 4) is 28.0 Å². The van der Waals surface area contributed by atoms with E-state index in [1.54, 1.807) is 54.6 Å². The summed E-state index contributed by atoms with van der Waals surface area (Å²) in [6.45, 7) is 6.05. The maximum atomic E-state index is 14.9. The Bertz CT molecular complexity index is 1310. The van der Waals surface area contributed by atoms with Gasteiger partial charge in [-0.3, -0.25) is 0 Å². The summed E-state index contributed by atoms with van der Waals surface area (Å²) in [5, 5.41) is 0. The Morgan fingerprint density at radius 2 is 1.34 bits per heavy atom. The smallest absolute Gasteiger partial charge is 0.167 e. The maximum Gasteiger partial charge on any atom is 0.167 e. The lowest BCUT2D eigenvalue weighted by atomic mass is 9.97. The number of halogens is 3. The van der Waals surface area contributed by atoms with Crippen molar-refractivity contribution in [3.05, 3.63) is 126 Å². The van der Waals surface area contributed by atoms with Crippen LogP contribution in [0, 0.1) is 24.4 Å². The molecule has 0 unspecified atom stereocenters. The second-order valence-electron chi connectivity index (χ2n) is 8.53. The van der Waals surface area contributed by atoms with Crippen LogP contribution in [-0.4, -0.2) is 6.61 Å². The zero-order valence-electron chi connectivity index (χ0n) is 19.7. The van der Waals surface area contributed by atoms with Crippen LogP contribution < -0.4 is 4.74 Å². The lowest BCUT2D eigenvalue weighted by molar-refractivity contribution is 0.323. The molecular formula is C31H27F3O. The van der Waals surface area contributed by atoms with Crippen molar-refractivity contribution in [2.45, 2.75) is 26.2 Å². The molecule has 4 aromatic rings. The third-order valence-electron chi connectivity index (χ3n) is 6.01. The monoisotopic (exact) mass is 472 g/mol. The molecule has 0 bridgehead atoms. The summed E-state index contributed by atoms with van der Waals surface area (Å²) in [6, 6.07) is 22.7. The van der Waals surface area contributed by atoms with Gasteiger partial charge in [0.1, 0.15) is 11.6 Å². The summed E-state index contributed by atoms with van der Waals surface area (Å²) in [5.41, 5.74) is 4.32. The van der Waals surface area contributed by atoms with E-state index in [9.17, 15) is 13.2 Å². The molecule has 0 aromatic heterocycles. The van der Waals surface area contributed by atoms with E-state index in [4.69, 9.17) is 4.74 Å². The van der Waals surface area contributed by atoms with Gasteiger partial charge in [-0.1, -0.05) is 78.4 Å². The van der Waals surface area contributed by atoms with E-state index in [2.05, 4.69) is 6.58 Å². The number of rotatable bonds is 9. The lowest BCUT2D eigenvalue weighted by Crippen LogP contribution is -1.99. The molecule has 1 nitrogen and oxygen atoms in total. The number of ether oxygens (including phenoxy) is 1. The van der Waals surface area contributed by atoms with Crippen LogP contribution in [-0.2, 0) is 12.8 Å². The molecule has 0 atom stereocenters. The Kier molecular flexibility index (Phi) is 7.71. The largest absolute Gasteiger partial charge is 0.493 e. The van der Waals surface area contributed by atoms with Gasteiger partial charge in [0, 0.05) is 17.2 Å². The summed E-state index contributed by atoms with van der Waals surface area (Å²) in [7, 11) is 0. The minimum atomic E-state index is -0.867. The van der Waals surface area contributed by atoms with Gasteiger partial charge in [-0.15, -0.1) is 6.58 Å². The molecule has 0 radical (unpaired) electrons. The molecule has 4 aromatic carbocycles. The molecule has 0 aliphatic rings. The van der Waals surface area contributed by atoms with E-state index in [1.807, 2.05) is 31.2 Å². The van der Waals surface area contributed by atoms with Gasteiger partial charge in [-0.25, -0.2) is 13.2 Å². The van der Waals surface area contributed by atoms with Crippen LogP contribution in [0.15, 0.2) is 91.5 Å². The molecule has 0 saturated carbocycles. The van der Waals surface area contributed by atoms with E-state index >= 15 is 0 Å². The van der Waals surface area contributed by atoms with Gasteiger partial charge in [0.05, 0.1) is 6.61 Å². The zero-order valence-corrected chi connectivity index (χ0v) is 19.7. The molecule has 0 saturated heterocycles. The van der Waals surface area contributed by atoms with Gasteiger partial charge < -0.3 is 4.74 Å². The fraction of sp³-hybridized carbons (Fsp3) is 0.161. The predicted octanol–water partition coefficient (Wildman–Crippen LogP) is 8.49. The molecule has 0 aliphatic heterocycles. The molecule has 0 aliphatic carbocycles. The topological polar surface area (TPSA) is 9.23 Å². The highest BCUT2D eigenvalue weighted by Gasteiger charge is 2.16. The fourth-order valence-electron chi connectivity index (χ4n) is 3.94. The summed E-state index contributed by atoms with van der Waals surface area (Å²) in [6.07, 6.45) is 3.59. The van der Waals surface area contributed by atoms with Crippen LogP contribution in [0.25, 0.3) is 22.3 Å². The molecule has 4 heteroatoms. The average Bonchev–Trinajstić information content (AvgIpc) is 2.86. The molecule has 0 heterocycles. The molecule has 0 amide bonds. The van der Waals surface area contributed by atoms with Crippen molar-refractivity contribution < 1.29 is 17.9 Å². The Labute approximate surface area is 204 Å². The Morgan fingerprint density at radius 3 is 1.91 bits per heavy atom. The minimum Gasteiger partial charge on any atom is -0.493 e. The minimum absolute atomic E-state index is 0.211. The van der Waals surface area contributed by atoms with E-state index < -0.39 is 11.6 Å². The van der Waals surface area contributed by atoms with Gasteiger partial charge in [0.15, 0.2) is 11.6 Å². The van der Waals surface area contributed by atoms with Crippen LogP contribution in [0.4, 0.5) is 13.2 Å². The van der Waals surface area contributed by atoms with Crippen molar-refractivity contribution >= 4 is 0 Å². The van der Waals surface area contributed by atoms with E-state index in [0.717, 1.165) is 11.1 Å². The number of aryl methyl sites for hydroxylation is 3. The van der Waals surface area contributed by atoms with Crippen LogP contribution in [0.2, 0.25) is 0 Å². The summed E-state index contributed by atoms with van der Waals surface area (Å²) in [5.74, 6) is -1.53. The van der Waals surface area contributed by atoms with Gasteiger partial charge >= 0.3 is 0 Å². The maximum absolute atomic E-state index is 14.9. The van der Waals surface area contributed by atoms with E-state index in [-0.39, 0.29) is 16.9 Å². The predicted molar refractivity (Wildman–Crippen MR) is 136 cm³/mol. The Morgan fingerprint density at radius 1 is 0.743 bits per heavy atom. The highest BCUT2D eigenvalue weighted by Crippen LogP contribution is 2.32. The van der Waals surface area contributed by atoms with Gasteiger partial charge in [0.2, 0.25) is 0 Å². The fourth-order valence-corrected chi connectivity index (χ4v) is 3.94. The first-order chi connectivity index (χ1) is 17.0. The highest BCUT2D eigenvalue weighted by molar-refractivity contribution is 5.72. The van der Waals surface area contributed by atoms with Crippen LogP contribution in [0.5, 0.6) is 5.75 Å². The summed E-state index contributed by atoms with van der Waals surface area (Å²) >= 11 is 0. The standard InChI is InChI=1S/C31H27F3O/c1-3-4-19-35-26-16-15-25(29(32)20-26)14-9-22-7-12-24(13-8-22)28-18-17-27(30(33)31(28)34)23-10-5-21(2)6-11-23/h3,5-8,10-13,15-18,20H,1,4,9,14,19H2,2H3. The SMILES string of the molecule is C=CCCOc1ccc(CCc2ccc(-c3ccc(-c4ccc(C)cc4)c(F)c3F)cc2)c(F)c1. The Balaban J connectivity index is 1.44. The number of hydrogen-bond acceptors (Lipinski definition) is 1. The summed E-state index contributed by atoms with van der Waals surface area (Å²) in [4.78, 5) is 0. The van der Waals surface area contributed by atoms with E-state index in [0.29, 0.717) is 48.3 Å². The molecule has 4 rings (SSSR count). The van der Waals surface area contributed by atoms with Gasteiger partial charge in [-0.05, 0) is 54.5 Å². The second-order valence-corrected chi connectivity index (χ2v) is 8.53. The summed E-state index contributed by atoms with van der Waals surface area (Å²) < 4.78 is 49.7. The third kappa shape index (κ3) is 5.83. The van der Waals surface area contributed by atoms with Gasteiger partial charge in [-0.2, -0.15) is 0 Å². The van der Waals surface area contributed by atoms with E-state index in [1.165, 1.54) is 6.07 Å². The highest BCUT2D eigenvalue weighted by atomic mass is 19.2. The second kappa shape index (κ2) is 11.1. The number of hydrogen-bond donors (Lipinski definition) is 0. The quantitative estimate of drug-likeness (QED) is 0.175. The average molecular weight is 473 g/mol. The van der Waals surface area contributed by atoms with Crippen LogP contribution in [0.1, 0.15) is 23.1 Å². The number of benzene rings is 4. The molecule has 0 fully saturated rings. The van der Waals surface area contributed by atoms with Crippen molar-refractivity contribution in [3.63, 3.8) is 0 Å². The molecule has 0 N–H and O–H groups in total. The van der Waals surface area contributed by atoms with Gasteiger partial charge in [0.25, 0.3) is 0 Å². The first-order valence-electron chi connectivity index (χ1n) is 11.6. The first kappa shape index (κ1) is 24.3. The molecular weight excluding hydrogens is 445 g/mol. The third-order valence-corrected chi connectivity index (χ3v) is 6.01. The van der Waals surface area contributed by atoms with Crippen molar-refractivity contribution in [1.82, 2.24) is 0 Å². The lowest BCUT2D eigenvalue weighted by Gasteiger charge is -2.11. The normalized spacial score (nSPS) is 10.9. The molecule has 35 heavy (non-hydrogen) atoms. The molecule has 0 spiro atoms. The van der Waals surface area contributed by atoms with Crippen LogP contribution >= 0.6 is 0 Å². The molecule has 178 valence electrons. The Hall–Kier alpha value is -3.79. The van der Waals surface area contributed by atoms with Crippen molar-refractivity contribution in [2.75, 3.05) is 6.61 Å².